The number of hydrogen-bond acceptors (Lipinski definition) is 4. The molecule has 0 aliphatic heterocycles. The van der Waals surface area contributed by atoms with Crippen LogP contribution in [0, 0.1) is 0 Å². The Morgan fingerprint density at radius 2 is 1.57 bits per heavy atom. The molecule has 1 amide bonds. The normalized spacial score (nSPS) is 10.4. The predicted molar refractivity (Wildman–Crippen MR) is 124 cm³/mol. The molecule has 0 aliphatic rings. The summed E-state index contributed by atoms with van der Waals surface area (Å²) in [6, 6.07) is 21.3. The molecule has 3 rings (SSSR count). The van der Waals surface area contributed by atoms with Crippen molar-refractivity contribution in [2.45, 2.75) is 20.0 Å². The van der Waals surface area contributed by atoms with Crippen LogP contribution in [0.15, 0.2) is 72.8 Å². The zero-order valence-electron chi connectivity index (χ0n) is 16.5. The average Bonchev–Trinajstić information content (AvgIpc) is 2.71. The maximum atomic E-state index is 12.4. The molecule has 7 heteroatoms. The molecule has 2 N–H and O–H groups in total. The first-order valence-electron chi connectivity index (χ1n) is 9.31. The van der Waals surface area contributed by atoms with Crippen molar-refractivity contribution >= 4 is 40.5 Å². The molecule has 0 bridgehead atoms. The van der Waals surface area contributed by atoms with Crippen molar-refractivity contribution in [1.29, 1.82) is 0 Å². The van der Waals surface area contributed by atoms with Crippen LogP contribution in [0.5, 0.6) is 17.2 Å². The molecule has 0 saturated heterocycles. The van der Waals surface area contributed by atoms with E-state index in [-0.39, 0.29) is 17.1 Å². The lowest BCUT2D eigenvalue weighted by Crippen LogP contribution is -2.34. The minimum absolute atomic E-state index is 0.0256. The number of hydrogen-bond donors (Lipinski definition) is 2. The second-order valence-corrected chi connectivity index (χ2v) is 7.53. The lowest BCUT2D eigenvalue weighted by Gasteiger charge is -2.12. The number of rotatable bonds is 6. The molecule has 3 aromatic carbocycles. The van der Waals surface area contributed by atoms with E-state index >= 15 is 0 Å². The maximum absolute atomic E-state index is 12.4. The minimum atomic E-state index is -0.315. The van der Waals surface area contributed by atoms with Crippen molar-refractivity contribution < 1.29 is 14.3 Å². The maximum Gasteiger partial charge on any atom is 0.257 e. The van der Waals surface area contributed by atoms with Crippen molar-refractivity contribution in [3.8, 4) is 17.2 Å². The number of carbonyl (C=O) groups is 1. The summed E-state index contributed by atoms with van der Waals surface area (Å²) in [5.74, 6) is 1.67. The molecule has 0 heterocycles. The lowest BCUT2D eigenvalue weighted by atomic mass is 10.2. The van der Waals surface area contributed by atoms with Gasteiger partial charge in [0.1, 0.15) is 17.2 Å². The van der Waals surface area contributed by atoms with Crippen molar-refractivity contribution in [3.63, 3.8) is 0 Å². The van der Waals surface area contributed by atoms with Crippen LogP contribution in [0.25, 0.3) is 0 Å². The Balaban J connectivity index is 1.55. The van der Waals surface area contributed by atoms with Crippen LogP contribution in [-0.2, 0) is 0 Å². The zero-order chi connectivity index (χ0) is 21.5. The fraction of sp³-hybridized carbons (Fsp3) is 0.130. The van der Waals surface area contributed by atoms with Gasteiger partial charge in [-0.15, -0.1) is 0 Å². The summed E-state index contributed by atoms with van der Waals surface area (Å²) < 4.78 is 11.4. The Bertz CT molecular complexity index is 1020. The highest BCUT2D eigenvalue weighted by Crippen LogP contribution is 2.24. The van der Waals surface area contributed by atoms with Crippen LogP contribution in [0.4, 0.5) is 5.69 Å². The number of halogens is 1. The van der Waals surface area contributed by atoms with Gasteiger partial charge >= 0.3 is 0 Å². The van der Waals surface area contributed by atoms with Gasteiger partial charge < -0.3 is 14.8 Å². The third kappa shape index (κ3) is 6.47. The molecular weight excluding hydrogens is 420 g/mol. The first-order chi connectivity index (χ1) is 14.4. The molecule has 0 aliphatic carbocycles. The second kappa shape index (κ2) is 10.1. The summed E-state index contributed by atoms with van der Waals surface area (Å²) in [4.78, 5) is 12.4. The molecule has 3 aromatic rings. The Labute approximate surface area is 186 Å². The van der Waals surface area contributed by atoms with Gasteiger partial charge in [0, 0.05) is 16.3 Å². The number of amides is 1. The first-order valence-corrected chi connectivity index (χ1v) is 10.1. The summed E-state index contributed by atoms with van der Waals surface area (Å²) in [5.41, 5.74) is 1.18. The van der Waals surface area contributed by atoms with E-state index in [0.29, 0.717) is 27.8 Å². The van der Waals surface area contributed by atoms with Crippen molar-refractivity contribution in [1.82, 2.24) is 5.32 Å². The van der Waals surface area contributed by atoms with Crippen molar-refractivity contribution in [2.75, 3.05) is 5.32 Å². The SMILES string of the molecule is CC(C)Oc1cccc(C(=O)NC(=S)Nc2ccc(Oc3ccc(Cl)cc3)cc2)c1. The first kappa shape index (κ1) is 21.6. The molecule has 5 nitrogen and oxygen atoms in total. The van der Waals surface area contributed by atoms with E-state index in [9.17, 15) is 4.79 Å². The van der Waals surface area contributed by atoms with Gasteiger partial charge in [-0.2, -0.15) is 0 Å². The van der Waals surface area contributed by atoms with Crippen LogP contribution in [0.2, 0.25) is 5.02 Å². The average molecular weight is 441 g/mol. The summed E-state index contributed by atoms with van der Waals surface area (Å²) in [6.07, 6.45) is 0.0256. The van der Waals surface area contributed by atoms with Gasteiger partial charge in [-0.05, 0) is 92.8 Å². The molecule has 0 fully saturated rings. The Morgan fingerprint density at radius 3 is 2.20 bits per heavy atom. The smallest absolute Gasteiger partial charge is 0.257 e. The molecule has 0 saturated carbocycles. The number of nitrogens with one attached hydrogen (secondary N) is 2. The highest BCUT2D eigenvalue weighted by atomic mass is 35.5. The van der Waals surface area contributed by atoms with E-state index in [4.69, 9.17) is 33.3 Å². The van der Waals surface area contributed by atoms with Crippen LogP contribution >= 0.6 is 23.8 Å². The Morgan fingerprint density at radius 1 is 0.933 bits per heavy atom. The molecular formula is C23H21ClN2O3S. The zero-order valence-corrected chi connectivity index (χ0v) is 18.1. The molecule has 154 valence electrons. The third-order valence-corrected chi connectivity index (χ3v) is 4.31. The quantitative estimate of drug-likeness (QED) is 0.457. The molecule has 0 spiro atoms. The summed E-state index contributed by atoms with van der Waals surface area (Å²) >= 11 is 11.1. The van der Waals surface area contributed by atoms with Gasteiger partial charge in [0.15, 0.2) is 5.11 Å². The van der Waals surface area contributed by atoms with Crippen LogP contribution < -0.4 is 20.1 Å². The summed E-state index contributed by atoms with van der Waals surface area (Å²) in [6.45, 7) is 3.86. The van der Waals surface area contributed by atoms with E-state index in [0.717, 1.165) is 5.69 Å². The van der Waals surface area contributed by atoms with Crippen LogP contribution in [-0.4, -0.2) is 17.1 Å². The minimum Gasteiger partial charge on any atom is -0.491 e. The Hall–Kier alpha value is -3.09. The standard InChI is InChI=1S/C23H21ClN2O3S/c1-15(2)28-21-5-3-4-16(14-21)22(27)26-23(30)25-18-8-12-20(13-9-18)29-19-10-6-17(24)7-11-19/h3-15H,1-2H3,(H2,25,26,27,30). The van der Waals surface area contributed by atoms with Gasteiger partial charge in [-0.25, -0.2) is 0 Å². The molecule has 0 unspecified atom stereocenters. The van der Waals surface area contributed by atoms with Gasteiger partial charge in [-0.3, -0.25) is 10.1 Å². The van der Waals surface area contributed by atoms with Crippen molar-refractivity contribution in [2.24, 2.45) is 0 Å². The highest BCUT2D eigenvalue weighted by Gasteiger charge is 2.10. The third-order valence-electron chi connectivity index (χ3n) is 3.86. The number of thiocarbonyl (C=S) groups is 1. The van der Waals surface area contributed by atoms with Gasteiger partial charge in [-0.1, -0.05) is 17.7 Å². The van der Waals surface area contributed by atoms with E-state index in [1.165, 1.54) is 0 Å². The second-order valence-electron chi connectivity index (χ2n) is 6.68. The fourth-order valence-electron chi connectivity index (χ4n) is 2.57. The predicted octanol–water partition coefficient (Wildman–Crippen LogP) is 6.05. The number of benzene rings is 3. The number of ether oxygens (including phenoxy) is 2. The molecule has 30 heavy (non-hydrogen) atoms. The van der Waals surface area contributed by atoms with E-state index < -0.39 is 0 Å². The lowest BCUT2D eigenvalue weighted by molar-refractivity contribution is 0.0977. The highest BCUT2D eigenvalue weighted by molar-refractivity contribution is 7.80. The summed E-state index contributed by atoms with van der Waals surface area (Å²) in [7, 11) is 0. The fourth-order valence-corrected chi connectivity index (χ4v) is 2.90. The van der Waals surface area contributed by atoms with Crippen molar-refractivity contribution in [3.05, 3.63) is 83.4 Å². The van der Waals surface area contributed by atoms with Crippen LogP contribution in [0.1, 0.15) is 24.2 Å². The molecule has 0 radical (unpaired) electrons. The van der Waals surface area contributed by atoms with E-state index in [2.05, 4.69) is 10.6 Å². The van der Waals surface area contributed by atoms with E-state index in [1.54, 1.807) is 72.8 Å². The monoisotopic (exact) mass is 440 g/mol. The van der Waals surface area contributed by atoms with Gasteiger partial charge in [0.05, 0.1) is 6.10 Å². The van der Waals surface area contributed by atoms with Gasteiger partial charge in [0.2, 0.25) is 0 Å². The largest absolute Gasteiger partial charge is 0.491 e. The summed E-state index contributed by atoms with van der Waals surface area (Å²) in [5, 5.41) is 6.50. The number of carbonyl (C=O) groups excluding carboxylic acids is 1. The van der Waals surface area contributed by atoms with Crippen LogP contribution in [0.3, 0.4) is 0 Å². The molecule has 0 aromatic heterocycles. The molecule has 0 atom stereocenters. The number of anilines is 1. The van der Waals surface area contributed by atoms with E-state index in [1.807, 2.05) is 13.8 Å². The Kier molecular flexibility index (Phi) is 7.27. The topological polar surface area (TPSA) is 59.6 Å². The van der Waals surface area contributed by atoms with Gasteiger partial charge in [0.25, 0.3) is 5.91 Å².